The maximum atomic E-state index is 12.6. The molecule has 0 radical (unpaired) electrons. The summed E-state index contributed by atoms with van der Waals surface area (Å²) in [7, 11) is 0. The molecule has 1 amide bonds. The standard InChI is InChI=1S/C49H75NO18/c1-28-18-16-14-12-10-8-6-7-9-11-13-15-17-19-36(67-48-46(61)43(50-32(5)51)45(60)31(4)66-48)25-40-42(47(62)63)39(57)27-49(64,68-40)26-35(54)23-38(56)37(55)21-20-33(52)22-34(53)24-41(58)65-30(3)29(2)44(28)59/h6-19,28-31,33-40,42-46,48,52-57,59-61,64H,20-27H2,1-5H3,(H,50,51)(H,62,63)/b7-6-,10-8-,11-9-,14-12-,15-13-,18-16-,19-17-/t28-,29-,30-,31?,33+,34+,35-,36-,37+,38+,39-,40-,42+,43?,44+,45?,46?,48?,49+/m0/s1. The number of carbonyl (C=O) groups is 3. The SMILES string of the molecule is CC(=O)NC1C(O)C(C)OC(O[C@H]2\C=C/C=C\C=C/C=C\C=C/C=C\C=C/[C@H](C)[C@@H](O)[C@@H](C)[C@H](C)OC(=O)C[C@H](O)C[C@H](O)CC[C@@H](O)[C@H](O)C[C@H](O)C[C@]3(O)C[C@H](O)[C@@H](C(=O)O)[C@H](C2)O3)C1O. The lowest BCUT2D eigenvalue weighted by Gasteiger charge is -2.45. The number of hydrogen-bond acceptors (Lipinski definition) is 17. The Bertz CT molecular complexity index is 1780. The number of aliphatic hydroxyl groups is 10. The Kier molecular flexibility index (Phi) is 24.6. The van der Waals surface area contributed by atoms with Gasteiger partial charge in [-0.05, 0) is 33.1 Å². The molecule has 0 aliphatic carbocycles. The van der Waals surface area contributed by atoms with E-state index >= 15 is 0 Å². The van der Waals surface area contributed by atoms with Crippen LogP contribution in [0.3, 0.4) is 0 Å². The van der Waals surface area contributed by atoms with Gasteiger partial charge >= 0.3 is 11.9 Å². The molecule has 0 aromatic rings. The summed E-state index contributed by atoms with van der Waals surface area (Å²) in [6, 6.07) is -1.21. The van der Waals surface area contributed by atoms with Crippen LogP contribution in [0.2, 0.25) is 0 Å². The molecule has 0 saturated carbocycles. The van der Waals surface area contributed by atoms with Crippen LogP contribution in [0, 0.1) is 17.8 Å². The Labute approximate surface area is 398 Å². The van der Waals surface area contributed by atoms with Crippen molar-refractivity contribution >= 4 is 17.8 Å². The number of fused-ring (bicyclic) bond motifs is 2. The molecule has 3 heterocycles. The lowest BCUT2D eigenvalue weighted by Crippen LogP contribution is -2.64. The van der Waals surface area contributed by atoms with E-state index in [4.69, 9.17) is 18.9 Å². The third kappa shape index (κ3) is 19.5. The third-order valence-corrected chi connectivity index (χ3v) is 12.3. The summed E-state index contributed by atoms with van der Waals surface area (Å²) in [5, 5.41) is 122. The molecule has 5 unspecified atom stereocenters. The number of rotatable bonds is 4. The molecule has 2 bridgehead atoms. The maximum Gasteiger partial charge on any atom is 0.311 e. The minimum Gasteiger partial charge on any atom is -0.481 e. The zero-order valence-electron chi connectivity index (χ0n) is 39.4. The highest BCUT2D eigenvalue weighted by molar-refractivity contribution is 5.73. The number of carbonyl (C=O) groups excluding carboxylic acids is 2. The predicted octanol–water partition coefficient (Wildman–Crippen LogP) is 0.889. The molecule has 19 atom stereocenters. The summed E-state index contributed by atoms with van der Waals surface area (Å²) < 4.78 is 23.3. The van der Waals surface area contributed by atoms with Crippen LogP contribution in [-0.2, 0) is 33.3 Å². The van der Waals surface area contributed by atoms with Crippen molar-refractivity contribution in [2.24, 2.45) is 17.8 Å². The van der Waals surface area contributed by atoms with Gasteiger partial charge in [0.1, 0.15) is 24.2 Å². The molecule has 19 heteroatoms. The van der Waals surface area contributed by atoms with E-state index in [-0.39, 0.29) is 31.6 Å². The van der Waals surface area contributed by atoms with Gasteiger partial charge in [0, 0.05) is 44.4 Å². The first-order valence-corrected chi connectivity index (χ1v) is 23.2. The number of nitrogens with one attached hydrogen (secondary N) is 1. The Morgan fingerprint density at radius 3 is 1.81 bits per heavy atom. The van der Waals surface area contributed by atoms with Crippen molar-refractivity contribution in [2.75, 3.05) is 0 Å². The van der Waals surface area contributed by atoms with Gasteiger partial charge in [-0.15, -0.1) is 0 Å². The first-order chi connectivity index (χ1) is 32.0. The number of esters is 1. The summed E-state index contributed by atoms with van der Waals surface area (Å²) in [6.45, 7) is 7.90. The monoisotopic (exact) mass is 965 g/mol. The largest absolute Gasteiger partial charge is 0.481 e. The van der Waals surface area contributed by atoms with Crippen LogP contribution in [0.5, 0.6) is 0 Å². The number of ether oxygens (including phenoxy) is 4. The summed E-state index contributed by atoms with van der Waals surface area (Å²) >= 11 is 0. The van der Waals surface area contributed by atoms with Gasteiger partial charge in [-0.3, -0.25) is 14.4 Å². The maximum absolute atomic E-state index is 12.6. The number of hydrogen-bond donors (Lipinski definition) is 12. The van der Waals surface area contributed by atoms with E-state index in [0.717, 1.165) is 0 Å². The lowest BCUT2D eigenvalue weighted by molar-refractivity contribution is -0.309. The minimum absolute atomic E-state index is 0.119. The van der Waals surface area contributed by atoms with Gasteiger partial charge in [-0.25, -0.2) is 0 Å². The van der Waals surface area contributed by atoms with Gasteiger partial charge in [-0.2, -0.15) is 0 Å². The average molecular weight is 966 g/mol. The summed E-state index contributed by atoms with van der Waals surface area (Å²) in [6.07, 6.45) is 2.48. The molecule has 2 fully saturated rings. The van der Waals surface area contributed by atoms with E-state index in [0.29, 0.717) is 0 Å². The fraction of sp³-hybridized carbons (Fsp3) is 0.653. The first kappa shape index (κ1) is 58.4. The predicted molar refractivity (Wildman–Crippen MR) is 247 cm³/mol. The molecule has 0 spiro atoms. The molecule has 12 N–H and O–H groups in total. The van der Waals surface area contributed by atoms with Gasteiger partial charge in [0.25, 0.3) is 0 Å². The van der Waals surface area contributed by atoms with Crippen LogP contribution in [-0.4, -0.2) is 171 Å². The van der Waals surface area contributed by atoms with Crippen molar-refractivity contribution in [1.82, 2.24) is 5.32 Å². The van der Waals surface area contributed by atoms with Crippen LogP contribution in [0.15, 0.2) is 85.1 Å². The number of cyclic esters (lactones) is 1. The smallest absolute Gasteiger partial charge is 0.311 e. The van der Waals surface area contributed by atoms with Crippen molar-refractivity contribution in [2.45, 2.75) is 183 Å². The molecule has 68 heavy (non-hydrogen) atoms. The highest BCUT2D eigenvalue weighted by Crippen LogP contribution is 2.38. The molecule has 2 saturated heterocycles. The zero-order chi connectivity index (χ0) is 50.7. The normalized spacial score (nSPS) is 43.9. The number of allylic oxidation sites excluding steroid dienone is 12. The summed E-state index contributed by atoms with van der Waals surface area (Å²) in [5.74, 6) is -7.49. The molecular formula is C49H75NO18. The highest BCUT2D eigenvalue weighted by atomic mass is 16.7. The Morgan fingerprint density at radius 1 is 0.662 bits per heavy atom. The van der Waals surface area contributed by atoms with E-state index in [2.05, 4.69) is 5.32 Å². The first-order valence-electron chi connectivity index (χ1n) is 23.2. The van der Waals surface area contributed by atoms with Gasteiger partial charge in [-0.1, -0.05) is 98.9 Å². The van der Waals surface area contributed by atoms with Crippen molar-refractivity contribution < 1.29 is 89.5 Å². The number of carboxylic acid groups (broad SMARTS) is 1. The fourth-order valence-electron chi connectivity index (χ4n) is 8.34. The van der Waals surface area contributed by atoms with Crippen molar-refractivity contribution in [3.05, 3.63) is 85.1 Å². The lowest BCUT2D eigenvalue weighted by atomic mass is 9.82. The Hall–Kier alpha value is -3.93. The second-order valence-electron chi connectivity index (χ2n) is 18.2. The van der Waals surface area contributed by atoms with Crippen molar-refractivity contribution in [3.63, 3.8) is 0 Å². The zero-order valence-corrected chi connectivity index (χ0v) is 39.4. The molecule has 384 valence electrons. The quantitative estimate of drug-likeness (QED) is 0.174. The van der Waals surface area contributed by atoms with E-state index in [9.17, 15) is 70.6 Å². The van der Waals surface area contributed by atoms with E-state index < -0.39 is 153 Å². The van der Waals surface area contributed by atoms with Crippen LogP contribution < -0.4 is 5.32 Å². The molecular weight excluding hydrogens is 891 g/mol. The van der Waals surface area contributed by atoms with Gasteiger partial charge < -0.3 is 80.4 Å². The van der Waals surface area contributed by atoms with Crippen LogP contribution in [0.4, 0.5) is 0 Å². The second kappa shape index (κ2) is 28.7. The van der Waals surface area contributed by atoms with Gasteiger partial charge in [0.05, 0.1) is 73.5 Å². The van der Waals surface area contributed by atoms with Gasteiger partial charge in [0.2, 0.25) is 5.91 Å². The number of amides is 1. The van der Waals surface area contributed by atoms with Gasteiger partial charge in [0.15, 0.2) is 12.1 Å². The molecule has 19 nitrogen and oxygen atoms in total. The van der Waals surface area contributed by atoms with Crippen LogP contribution in [0.1, 0.15) is 86.0 Å². The Balaban J connectivity index is 1.90. The Morgan fingerprint density at radius 2 is 1.24 bits per heavy atom. The van der Waals surface area contributed by atoms with E-state index in [1.807, 2.05) is 13.0 Å². The van der Waals surface area contributed by atoms with E-state index in [1.54, 1.807) is 86.8 Å². The molecule has 0 aromatic heterocycles. The summed E-state index contributed by atoms with van der Waals surface area (Å²) in [5.41, 5.74) is 0. The number of aliphatic hydroxyl groups excluding tert-OH is 9. The van der Waals surface area contributed by atoms with Crippen LogP contribution >= 0.6 is 0 Å². The minimum atomic E-state index is -2.36. The number of carboxylic acids is 1. The molecule has 3 rings (SSSR count). The average Bonchev–Trinajstić information content (AvgIpc) is 3.24. The molecule has 0 aromatic carbocycles. The second-order valence-corrected chi connectivity index (χ2v) is 18.2. The molecule has 3 aliphatic heterocycles. The summed E-state index contributed by atoms with van der Waals surface area (Å²) in [4.78, 5) is 37.1. The topological polar surface area (TPSA) is 323 Å². The fourth-order valence-corrected chi connectivity index (χ4v) is 8.34. The highest BCUT2D eigenvalue weighted by Gasteiger charge is 2.51. The van der Waals surface area contributed by atoms with Crippen LogP contribution in [0.25, 0.3) is 0 Å². The van der Waals surface area contributed by atoms with Crippen molar-refractivity contribution in [3.8, 4) is 0 Å². The third-order valence-electron chi connectivity index (χ3n) is 12.3. The van der Waals surface area contributed by atoms with Crippen molar-refractivity contribution in [1.29, 1.82) is 0 Å². The van der Waals surface area contributed by atoms with E-state index in [1.165, 1.54) is 19.9 Å². The number of aliphatic carboxylic acids is 1. The molecule has 3 aliphatic rings.